The zero-order chi connectivity index (χ0) is 9.10. The van der Waals surface area contributed by atoms with Crippen LogP contribution < -0.4 is 0 Å². The van der Waals surface area contributed by atoms with Gasteiger partial charge in [0.25, 0.3) is 0 Å². The van der Waals surface area contributed by atoms with Gasteiger partial charge in [-0.2, -0.15) is 0 Å². The van der Waals surface area contributed by atoms with Crippen molar-refractivity contribution >= 4 is 15.9 Å². The van der Waals surface area contributed by atoms with E-state index in [-0.39, 0.29) is 0 Å². The first-order valence-corrected chi connectivity index (χ1v) is 6.82. The molecule has 2 aliphatic rings. The maximum Gasteiger partial charge on any atom is 0.0192 e. The van der Waals surface area contributed by atoms with E-state index in [1.54, 1.807) is 0 Å². The number of alkyl halides is 1. The van der Waals surface area contributed by atoms with Crippen LogP contribution in [0.15, 0.2) is 0 Å². The molecule has 0 aromatic rings. The molecule has 1 atom stereocenters. The molecule has 0 radical (unpaired) electrons. The van der Waals surface area contributed by atoms with Gasteiger partial charge in [0.2, 0.25) is 0 Å². The van der Waals surface area contributed by atoms with Crippen molar-refractivity contribution in [2.75, 3.05) is 18.4 Å². The maximum atomic E-state index is 3.64. The number of piperidine rings is 1. The number of nitrogens with zero attached hydrogens (tertiary/aromatic N) is 1. The van der Waals surface area contributed by atoms with Gasteiger partial charge in [-0.3, -0.25) is 4.90 Å². The van der Waals surface area contributed by atoms with Crippen molar-refractivity contribution in [3.63, 3.8) is 0 Å². The lowest BCUT2D eigenvalue weighted by atomic mass is 9.84. The summed E-state index contributed by atoms with van der Waals surface area (Å²) in [6.45, 7) is 2.74. The number of hydrogen-bond acceptors (Lipinski definition) is 1. The molecule has 1 unspecified atom stereocenters. The van der Waals surface area contributed by atoms with Gasteiger partial charge in [0, 0.05) is 17.9 Å². The third-order valence-corrected chi connectivity index (χ3v) is 4.39. The van der Waals surface area contributed by atoms with E-state index in [4.69, 9.17) is 0 Å². The van der Waals surface area contributed by atoms with Crippen molar-refractivity contribution in [1.29, 1.82) is 0 Å². The van der Waals surface area contributed by atoms with E-state index in [0.29, 0.717) is 0 Å². The van der Waals surface area contributed by atoms with Gasteiger partial charge in [-0.1, -0.05) is 28.8 Å². The number of hydrogen-bond donors (Lipinski definition) is 0. The summed E-state index contributed by atoms with van der Waals surface area (Å²) in [6.07, 6.45) is 8.75. The third kappa shape index (κ3) is 2.47. The van der Waals surface area contributed by atoms with Gasteiger partial charge in [-0.05, 0) is 38.1 Å². The molecule has 0 amide bonds. The zero-order valence-corrected chi connectivity index (χ0v) is 9.93. The molecule has 2 heteroatoms. The second-order valence-corrected chi connectivity index (χ2v) is 5.24. The smallest absolute Gasteiger partial charge is 0.0192 e. The summed E-state index contributed by atoms with van der Waals surface area (Å²) in [4.78, 5) is 2.72. The van der Waals surface area contributed by atoms with Gasteiger partial charge >= 0.3 is 0 Å². The van der Waals surface area contributed by atoms with Crippen molar-refractivity contribution in [3.05, 3.63) is 0 Å². The van der Waals surface area contributed by atoms with E-state index >= 15 is 0 Å². The minimum atomic E-state index is 0.842. The molecule has 0 spiro atoms. The Morgan fingerprint density at radius 3 is 2.54 bits per heavy atom. The fraction of sp³-hybridized carbons (Fsp3) is 1.00. The summed E-state index contributed by atoms with van der Waals surface area (Å²) < 4.78 is 0. The normalized spacial score (nSPS) is 31.6. The van der Waals surface area contributed by atoms with Crippen LogP contribution in [0.4, 0.5) is 0 Å². The Morgan fingerprint density at radius 2 is 1.92 bits per heavy atom. The van der Waals surface area contributed by atoms with Gasteiger partial charge in [-0.15, -0.1) is 0 Å². The molecule has 2 rings (SSSR count). The highest BCUT2D eigenvalue weighted by molar-refractivity contribution is 9.09. The monoisotopic (exact) mass is 245 g/mol. The zero-order valence-electron chi connectivity index (χ0n) is 8.34. The molecule has 0 bridgehead atoms. The predicted molar refractivity (Wildman–Crippen MR) is 60.3 cm³/mol. The summed E-state index contributed by atoms with van der Waals surface area (Å²) >= 11 is 3.64. The Hall–Kier alpha value is 0.440. The van der Waals surface area contributed by atoms with Crippen LogP contribution in [-0.4, -0.2) is 29.4 Å². The van der Waals surface area contributed by atoms with Crippen LogP contribution in [0.1, 0.15) is 38.5 Å². The van der Waals surface area contributed by atoms with Crippen molar-refractivity contribution < 1.29 is 0 Å². The van der Waals surface area contributed by atoms with Gasteiger partial charge in [0.1, 0.15) is 0 Å². The molecular weight excluding hydrogens is 226 g/mol. The van der Waals surface area contributed by atoms with E-state index in [9.17, 15) is 0 Å². The summed E-state index contributed by atoms with van der Waals surface area (Å²) in [5, 5.41) is 1.18. The Morgan fingerprint density at radius 1 is 1.08 bits per heavy atom. The molecule has 1 aliphatic heterocycles. The van der Waals surface area contributed by atoms with E-state index in [0.717, 1.165) is 12.0 Å². The SMILES string of the molecule is BrCC1CCCCN1CC1CCC1. The third-order valence-electron chi connectivity index (χ3n) is 3.64. The van der Waals surface area contributed by atoms with Gasteiger partial charge in [0.05, 0.1) is 0 Å². The molecule has 1 nitrogen and oxygen atoms in total. The van der Waals surface area contributed by atoms with Crippen molar-refractivity contribution in [1.82, 2.24) is 4.90 Å². The molecule has 1 heterocycles. The van der Waals surface area contributed by atoms with Crippen LogP contribution in [-0.2, 0) is 0 Å². The molecular formula is C11H20BrN. The van der Waals surface area contributed by atoms with E-state index in [1.807, 2.05) is 0 Å². The first-order chi connectivity index (χ1) is 6.40. The lowest BCUT2D eigenvalue weighted by Gasteiger charge is -2.39. The molecule has 0 N–H and O–H groups in total. The van der Waals surface area contributed by atoms with Gasteiger partial charge in [-0.25, -0.2) is 0 Å². The predicted octanol–water partition coefficient (Wildman–Crippen LogP) is 3.04. The van der Waals surface area contributed by atoms with Gasteiger partial charge < -0.3 is 0 Å². The highest BCUT2D eigenvalue weighted by atomic mass is 79.9. The number of halogens is 1. The molecule has 13 heavy (non-hydrogen) atoms. The van der Waals surface area contributed by atoms with Crippen molar-refractivity contribution in [3.8, 4) is 0 Å². The van der Waals surface area contributed by atoms with E-state index < -0.39 is 0 Å². The Balaban J connectivity index is 1.79. The van der Waals surface area contributed by atoms with Crippen molar-refractivity contribution in [2.45, 2.75) is 44.6 Å². The minimum absolute atomic E-state index is 0.842. The largest absolute Gasteiger partial charge is 0.299 e. The van der Waals surface area contributed by atoms with Crippen LogP contribution >= 0.6 is 15.9 Å². The summed E-state index contributed by atoms with van der Waals surface area (Å²) in [5.74, 6) is 1.04. The van der Waals surface area contributed by atoms with Crippen LogP contribution in [0.25, 0.3) is 0 Å². The van der Waals surface area contributed by atoms with E-state index in [2.05, 4.69) is 20.8 Å². The second-order valence-electron chi connectivity index (χ2n) is 4.60. The average molecular weight is 246 g/mol. The Kier molecular flexibility index (Phi) is 3.67. The molecule has 1 saturated heterocycles. The fourth-order valence-corrected chi connectivity index (χ4v) is 3.22. The molecule has 1 saturated carbocycles. The Bertz CT molecular complexity index is 156. The van der Waals surface area contributed by atoms with Crippen molar-refractivity contribution in [2.24, 2.45) is 5.92 Å². The summed E-state index contributed by atoms with van der Waals surface area (Å²) in [5.41, 5.74) is 0. The van der Waals surface area contributed by atoms with Crippen LogP contribution in [0, 0.1) is 5.92 Å². The highest BCUT2D eigenvalue weighted by Gasteiger charge is 2.26. The average Bonchev–Trinajstić information content (AvgIpc) is 2.12. The highest BCUT2D eigenvalue weighted by Crippen LogP contribution is 2.29. The molecule has 0 aromatic carbocycles. The van der Waals surface area contributed by atoms with Crippen LogP contribution in [0.2, 0.25) is 0 Å². The minimum Gasteiger partial charge on any atom is -0.299 e. The first kappa shape index (κ1) is 9.97. The molecule has 1 aliphatic carbocycles. The molecule has 76 valence electrons. The lowest BCUT2D eigenvalue weighted by Crippen LogP contribution is -2.44. The van der Waals surface area contributed by atoms with Crippen LogP contribution in [0.5, 0.6) is 0 Å². The topological polar surface area (TPSA) is 3.24 Å². The quantitative estimate of drug-likeness (QED) is 0.692. The fourth-order valence-electron chi connectivity index (χ4n) is 2.48. The van der Waals surface area contributed by atoms with E-state index in [1.165, 1.54) is 56.9 Å². The van der Waals surface area contributed by atoms with Gasteiger partial charge in [0.15, 0.2) is 0 Å². The second kappa shape index (κ2) is 4.79. The maximum absolute atomic E-state index is 3.64. The summed E-state index contributed by atoms with van der Waals surface area (Å²) in [6, 6.07) is 0.842. The number of rotatable bonds is 3. The number of likely N-dealkylation sites (tertiary alicyclic amines) is 1. The molecule has 0 aromatic heterocycles. The van der Waals surface area contributed by atoms with Crippen LogP contribution in [0.3, 0.4) is 0 Å². The standard InChI is InChI=1S/C11H20BrN/c12-8-11-6-1-2-7-13(11)9-10-4-3-5-10/h10-11H,1-9H2. The first-order valence-electron chi connectivity index (χ1n) is 5.70. The summed E-state index contributed by atoms with van der Waals surface area (Å²) in [7, 11) is 0. The Labute approximate surface area is 90.0 Å². The molecule has 2 fully saturated rings. The lowest BCUT2D eigenvalue weighted by molar-refractivity contribution is 0.113.